The van der Waals surface area contributed by atoms with Gasteiger partial charge in [0.15, 0.2) is 8.32 Å². The Morgan fingerprint density at radius 1 is 0.971 bits per heavy atom. The molecule has 3 aromatic rings. The minimum Gasteiger partial charge on any atom is -0.457 e. The van der Waals surface area contributed by atoms with Crippen molar-refractivity contribution in [3.05, 3.63) is 115 Å². The van der Waals surface area contributed by atoms with Gasteiger partial charge in [-0.1, -0.05) is 88.8 Å². The van der Waals surface area contributed by atoms with Gasteiger partial charge in [-0.25, -0.2) is 11.4 Å². The minimum atomic E-state index is -2.42. The van der Waals surface area contributed by atoms with Crippen LogP contribution < -0.4 is 16.6 Å². The molecule has 1 fully saturated rings. The Labute approximate surface area is 407 Å². The Kier molecular flexibility index (Phi) is 20.4. The quantitative estimate of drug-likeness (QED) is 0.0224. The molecule has 1 aliphatic carbocycles. The SMILES string of the molecule is [C-]#[N+]CCOP(C[C@@H]1C(O[Si](C)(C)C(C)(C)C)[C@H](c2cn(CCCNC(=O)CCCCCCC(=O)OC3Cc4ccccc4C#Cc4ccccc43)c(=O)[nH]c2=O)O[C@@H]1CC)N(C(C)C)C(C)C. The molecule has 2 heterocycles. The normalized spacial score (nSPS) is 19.6. The molecule has 13 nitrogen and oxygen atoms in total. The minimum absolute atomic E-state index is 0.0709. The summed E-state index contributed by atoms with van der Waals surface area (Å²) in [5, 5.41) is 2.86. The van der Waals surface area contributed by atoms with E-state index in [1.165, 1.54) is 4.57 Å². The number of hydrogen-bond donors (Lipinski definition) is 2. The summed E-state index contributed by atoms with van der Waals surface area (Å²) in [5.41, 5.74) is 3.13. The second kappa shape index (κ2) is 25.5. The molecule has 370 valence electrons. The van der Waals surface area contributed by atoms with Crippen LogP contribution in [0.25, 0.3) is 4.85 Å². The van der Waals surface area contributed by atoms with Crippen LogP contribution >= 0.6 is 8.30 Å². The molecule has 6 atom stereocenters. The molecule has 68 heavy (non-hydrogen) atoms. The number of ether oxygens (including phenoxy) is 2. The van der Waals surface area contributed by atoms with Crippen LogP contribution in [0.4, 0.5) is 0 Å². The molecule has 0 spiro atoms. The molecule has 2 N–H and O–H groups in total. The van der Waals surface area contributed by atoms with Gasteiger partial charge in [0.2, 0.25) is 12.5 Å². The number of hydrogen-bond acceptors (Lipinski definition) is 9. The highest BCUT2D eigenvalue weighted by atomic mass is 31.2. The Balaban J connectivity index is 1.15. The number of nitrogens with zero attached hydrogens (tertiary/aromatic N) is 3. The maximum Gasteiger partial charge on any atom is 0.328 e. The zero-order chi connectivity index (χ0) is 49.6. The van der Waals surface area contributed by atoms with Crippen LogP contribution in [0, 0.1) is 24.3 Å². The van der Waals surface area contributed by atoms with E-state index in [9.17, 15) is 19.2 Å². The van der Waals surface area contributed by atoms with E-state index >= 15 is 0 Å². The Bertz CT molecular complexity index is 2370. The molecule has 15 heteroatoms. The van der Waals surface area contributed by atoms with Gasteiger partial charge >= 0.3 is 11.7 Å². The summed E-state index contributed by atoms with van der Waals surface area (Å²) in [6, 6.07) is 16.2. The van der Waals surface area contributed by atoms with Crippen LogP contribution in [0.1, 0.15) is 147 Å². The molecule has 2 aromatic carbocycles. The summed E-state index contributed by atoms with van der Waals surface area (Å²) in [7, 11) is -3.57. The van der Waals surface area contributed by atoms with Crippen LogP contribution in [0.5, 0.6) is 0 Å². The van der Waals surface area contributed by atoms with Gasteiger partial charge in [-0.2, -0.15) is 0 Å². The number of amides is 1. The van der Waals surface area contributed by atoms with Crippen molar-refractivity contribution in [2.24, 2.45) is 5.92 Å². The Hall–Kier alpha value is -4.40. The molecule has 1 aromatic heterocycles. The van der Waals surface area contributed by atoms with E-state index in [0.29, 0.717) is 69.8 Å². The summed E-state index contributed by atoms with van der Waals surface area (Å²) >= 11 is 0. The molecule has 0 radical (unpaired) electrons. The number of fused-ring (bicyclic) bond motifs is 2. The average Bonchev–Trinajstić information content (AvgIpc) is 3.60. The van der Waals surface area contributed by atoms with Crippen molar-refractivity contribution in [2.75, 3.05) is 25.9 Å². The molecule has 3 unspecified atom stereocenters. The van der Waals surface area contributed by atoms with E-state index in [2.05, 4.69) is 100 Å². The average molecular weight is 970 g/mol. The first-order chi connectivity index (χ1) is 32.3. The lowest BCUT2D eigenvalue weighted by atomic mass is 9.92. The number of carbonyl (C=O) groups excluding carboxylic acids is 2. The first-order valence-corrected chi connectivity index (χ1v) is 29.0. The van der Waals surface area contributed by atoms with Crippen LogP contribution in [0.3, 0.4) is 0 Å². The van der Waals surface area contributed by atoms with Gasteiger partial charge in [0.25, 0.3) is 5.56 Å². The van der Waals surface area contributed by atoms with Crippen molar-refractivity contribution in [1.82, 2.24) is 19.5 Å². The lowest BCUT2D eigenvalue weighted by Crippen LogP contribution is -2.48. The highest BCUT2D eigenvalue weighted by molar-refractivity contribution is 7.50. The number of nitrogens with one attached hydrogen (secondary N) is 2. The van der Waals surface area contributed by atoms with Gasteiger partial charge in [-0.05, 0) is 89.2 Å². The maximum absolute atomic E-state index is 13.7. The maximum atomic E-state index is 13.7. The van der Waals surface area contributed by atoms with Crippen molar-refractivity contribution in [3.8, 4) is 11.8 Å². The topological polar surface area (TPSA) is 146 Å². The lowest BCUT2D eigenvalue weighted by molar-refractivity contribution is -0.149. The van der Waals surface area contributed by atoms with Gasteiger partial charge in [-0.3, -0.25) is 24.0 Å². The van der Waals surface area contributed by atoms with Gasteiger partial charge in [0, 0.05) is 79.4 Å². The number of unbranched alkanes of at least 4 members (excludes halogenated alkanes) is 3. The Morgan fingerprint density at radius 2 is 1.63 bits per heavy atom. The summed E-state index contributed by atoms with van der Waals surface area (Å²) in [4.78, 5) is 58.9. The molecule has 1 saturated heterocycles. The number of aryl methyl sites for hydroxylation is 1. The highest BCUT2D eigenvalue weighted by Gasteiger charge is 2.52. The van der Waals surface area contributed by atoms with Gasteiger partial charge < -0.3 is 33.2 Å². The van der Waals surface area contributed by atoms with Crippen LogP contribution in [-0.4, -0.2) is 84.6 Å². The largest absolute Gasteiger partial charge is 0.457 e. The molecule has 1 aliphatic heterocycles. The number of aromatic amines is 1. The number of rotatable bonds is 24. The highest BCUT2D eigenvalue weighted by Crippen LogP contribution is 2.53. The van der Waals surface area contributed by atoms with E-state index in [-0.39, 0.29) is 54.1 Å². The second-order valence-electron chi connectivity index (χ2n) is 20.2. The van der Waals surface area contributed by atoms with Crippen molar-refractivity contribution >= 4 is 28.5 Å². The number of H-pyrrole nitrogens is 1. The molecular formula is C53H76N5O8PSi. The fourth-order valence-corrected chi connectivity index (χ4v) is 12.8. The molecule has 0 saturated carbocycles. The molecule has 5 rings (SSSR count). The zero-order valence-corrected chi connectivity index (χ0v) is 44.1. The van der Waals surface area contributed by atoms with E-state index < -0.39 is 46.2 Å². The summed E-state index contributed by atoms with van der Waals surface area (Å²) in [6.45, 7) is 30.4. The third-order valence-corrected chi connectivity index (χ3v) is 20.5. The second-order valence-corrected chi connectivity index (χ2v) is 26.7. The van der Waals surface area contributed by atoms with E-state index in [1.54, 1.807) is 6.20 Å². The lowest BCUT2D eigenvalue weighted by Gasteiger charge is -2.42. The standard InChI is InChI=1S/C53H76N5O8PSi/c1-12-45-44(36-67(63-33-31-54-9)58(37(2)3)38(4)5)50(66-68(10,11)53(6,7)8)49(65-45)43-35-57(52(62)56-51(43)61)32-21-30-55-47(59)26-15-13-14-16-27-48(60)64-46-34-41-24-18-17-22-39(41)28-29-40-23-19-20-25-42(40)46/h17-20,22-25,35,37-38,44-46,49-50H,12-16,21,26-27,30-34,36H2,1-8,10-11H3,(H,55,59)(H,56,61,62)/t44-,45+,46?,49-,50?,67?/m0/s1. The first-order valence-electron chi connectivity index (χ1n) is 24.7. The van der Waals surface area contributed by atoms with E-state index in [1.807, 2.05) is 48.5 Å². The smallest absolute Gasteiger partial charge is 0.328 e. The third kappa shape index (κ3) is 14.8. The summed E-state index contributed by atoms with van der Waals surface area (Å²) < 4.78 is 30.6. The number of esters is 1. The predicted octanol–water partition coefficient (Wildman–Crippen LogP) is 9.85. The van der Waals surface area contributed by atoms with Gasteiger partial charge in [0.05, 0.1) is 17.8 Å². The van der Waals surface area contributed by atoms with Crippen molar-refractivity contribution in [2.45, 2.75) is 174 Å². The number of aromatic nitrogens is 2. The Morgan fingerprint density at radius 3 is 2.31 bits per heavy atom. The molecule has 2 aliphatic rings. The third-order valence-electron chi connectivity index (χ3n) is 13.4. The number of benzene rings is 2. The monoisotopic (exact) mass is 970 g/mol. The molecular weight excluding hydrogens is 894 g/mol. The van der Waals surface area contributed by atoms with Gasteiger partial charge in [0.1, 0.15) is 27.1 Å². The summed E-state index contributed by atoms with van der Waals surface area (Å²) in [5.74, 6) is 6.10. The van der Waals surface area contributed by atoms with Crippen molar-refractivity contribution in [3.63, 3.8) is 0 Å². The molecule has 1 amide bonds. The summed E-state index contributed by atoms with van der Waals surface area (Å²) in [6.07, 6.45) is 5.80. The van der Waals surface area contributed by atoms with Crippen LogP contribution in [-0.2, 0) is 41.0 Å². The van der Waals surface area contributed by atoms with Crippen LogP contribution in [0.15, 0.2) is 64.3 Å². The zero-order valence-electron chi connectivity index (χ0n) is 42.2. The number of carbonyl (C=O) groups is 2. The van der Waals surface area contributed by atoms with Crippen molar-refractivity contribution < 1.29 is 28.0 Å². The first kappa shape index (κ1) is 54.5. The fourth-order valence-electron chi connectivity index (χ4n) is 8.88. The fraction of sp³-hybridized carbons (Fsp3) is 0.604. The van der Waals surface area contributed by atoms with Crippen molar-refractivity contribution in [1.29, 1.82) is 0 Å². The predicted molar refractivity (Wildman–Crippen MR) is 273 cm³/mol. The van der Waals surface area contributed by atoms with Gasteiger partial charge in [-0.15, -0.1) is 0 Å². The molecule has 0 bridgehead atoms. The van der Waals surface area contributed by atoms with E-state index in [4.69, 9.17) is 25.0 Å². The van der Waals surface area contributed by atoms with Crippen LogP contribution in [0.2, 0.25) is 18.1 Å². The van der Waals surface area contributed by atoms with E-state index in [0.717, 1.165) is 35.1 Å².